The fourth-order valence-corrected chi connectivity index (χ4v) is 3.18. The first kappa shape index (κ1) is 28.2. The number of rotatable bonds is 2. The minimum atomic E-state index is 0. The molecule has 0 unspecified atom stereocenters. The zero-order valence-electron chi connectivity index (χ0n) is 16.1. The monoisotopic (exact) mass is 474 g/mol. The molecule has 0 bridgehead atoms. The quantitative estimate of drug-likeness (QED) is 0.290. The van der Waals surface area contributed by atoms with Gasteiger partial charge in [-0.1, -0.05) is 62.1 Å². The normalized spacial score (nSPS) is 9.41. The molecule has 0 aromatic heterocycles. The molecular formula is C24H26Cl2Zr. The van der Waals surface area contributed by atoms with Crippen molar-refractivity contribution >= 4 is 0 Å². The van der Waals surface area contributed by atoms with Crippen molar-refractivity contribution < 1.29 is 51.0 Å². The standard InChI is InChI=1S/C13H9.C9H13.C2H4.2ClH.Zr/c1-3-7-12-10(5-1)9-11-6-2-4-8-13(11)12;1-3-8-6-5-7-9(8)4-2;1-2;;;/h1-5,7-8H,9H2;5-7H,3-4H2,1-2H3;1-2H2;2*1H;/q2*-1;;;;+4/p-2. The summed E-state index contributed by atoms with van der Waals surface area (Å²) in [5.41, 5.74) is 8.53. The van der Waals surface area contributed by atoms with Gasteiger partial charge in [0.15, 0.2) is 0 Å². The Morgan fingerprint density at radius 2 is 1.59 bits per heavy atom. The first-order valence-electron chi connectivity index (χ1n) is 8.64. The molecule has 140 valence electrons. The second-order valence-electron chi connectivity index (χ2n) is 5.68. The van der Waals surface area contributed by atoms with Crippen LogP contribution in [0.25, 0.3) is 11.1 Å². The summed E-state index contributed by atoms with van der Waals surface area (Å²) in [5, 5.41) is 0. The van der Waals surface area contributed by atoms with E-state index in [0.717, 1.165) is 6.42 Å². The predicted octanol–water partition coefficient (Wildman–Crippen LogP) is 0.396. The Kier molecular flexibility index (Phi) is 15.6. The van der Waals surface area contributed by atoms with Crippen molar-refractivity contribution in [1.29, 1.82) is 0 Å². The number of halogens is 2. The number of hydrogen-bond donors (Lipinski definition) is 0. The molecule has 1 aliphatic carbocycles. The van der Waals surface area contributed by atoms with Gasteiger partial charge in [0, 0.05) is 0 Å². The van der Waals surface area contributed by atoms with Crippen molar-refractivity contribution in [2.24, 2.45) is 0 Å². The summed E-state index contributed by atoms with van der Waals surface area (Å²) in [6.45, 7) is 10.4. The largest absolute Gasteiger partial charge is 4.00 e. The van der Waals surface area contributed by atoms with E-state index in [1.165, 1.54) is 46.2 Å². The molecule has 27 heavy (non-hydrogen) atoms. The summed E-state index contributed by atoms with van der Waals surface area (Å²) in [5.74, 6) is 0. The van der Waals surface area contributed by atoms with Gasteiger partial charge in [0.25, 0.3) is 0 Å². The summed E-state index contributed by atoms with van der Waals surface area (Å²) in [7, 11) is 0. The van der Waals surface area contributed by atoms with Gasteiger partial charge in [-0.2, -0.15) is 47.0 Å². The van der Waals surface area contributed by atoms with Crippen LogP contribution < -0.4 is 24.8 Å². The molecular weight excluding hydrogens is 450 g/mol. The van der Waals surface area contributed by atoms with Crippen molar-refractivity contribution in [3.8, 4) is 11.1 Å². The van der Waals surface area contributed by atoms with E-state index in [9.17, 15) is 0 Å². The summed E-state index contributed by atoms with van der Waals surface area (Å²) in [6, 6.07) is 24.7. The number of fused-ring (bicyclic) bond motifs is 3. The number of benzene rings is 2. The Morgan fingerprint density at radius 1 is 0.926 bits per heavy atom. The van der Waals surface area contributed by atoms with E-state index in [1.807, 2.05) is 6.07 Å². The molecule has 0 N–H and O–H groups in total. The molecule has 0 saturated heterocycles. The molecule has 4 rings (SSSR count). The van der Waals surface area contributed by atoms with Crippen LogP contribution in [0.1, 0.15) is 36.1 Å². The van der Waals surface area contributed by atoms with Gasteiger partial charge in [-0.15, -0.1) is 18.7 Å². The maximum atomic E-state index is 3.30. The second-order valence-corrected chi connectivity index (χ2v) is 5.68. The van der Waals surface area contributed by atoms with Crippen LogP contribution in [0, 0.1) is 6.07 Å². The fraction of sp³-hybridized carbons (Fsp3) is 0.208. The van der Waals surface area contributed by atoms with Gasteiger partial charge in [0.05, 0.1) is 0 Å². The minimum Gasteiger partial charge on any atom is -1.00 e. The third-order valence-electron chi connectivity index (χ3n) is 4.39. The molecule has 0 atom stereocenters. The van der Waals surface area contributed by atoms with E-state index >= 15 is 0 Å². The maximum absolute atomic E-state index is 3.30. The van der Waals surface area contributed by atoms with E-state index < -0.39 is 0 Å². The molecule has 0 saturated carbocycles. The maximum Gasteiger partial charge on any atom is 4.00 e. The van der Waals surface area contributed by atoms with Gasteiger partial charge in [0.1, 0.15) is 0 Å². The van der Waals surface area contributed by atoms with Gasteiger partial charge in [0.2, 0.25) is 0 Å². The van der Waals surface area contributed by atoms with Crippen LogP contribution in [0.4, 0.5) is 0 Å². The third-order valence-corrected chi connectivity index (χ3v) is 4.39. The summed E-state index contributed by atoms with van der Waals surface area (Å²) in [6.07, 6.45) is 3.40. The number of hydrogen-bond acceptors (Lipinski definition) is 0. The molecule has 0 nitrogen and oxygen atoms in total. The van der Waals surface area contributed by atoms with Crippen LogP contribution in [-0.2, 0) is 45.5 Å². The van der Waals surface area contributed by atoms with Gasteiger partial charge in [-0.05, 0) is 6.42 Å². The Balaban J connectivity index is 0. The molecule has 1 aliphatic rings. The molecule has 0 spiro atoms. The molecule has 0 heterocycles. The molecule has 0 aliphatic heterocycles. The van der Waals surface area contributed by atoms with Crippen molar-refractivity contribution in [3.63, 3.8) is 0 Å². The zero-order chi connectivity index (χ0) is 17.4. The molecule has 0 amide bonds. The summed E-state index contributed by atoms with van der Waals surface area (Å²) in [4.78, 5) is 0. The molecule has 0 radical (unpaired) electrons. The Morgan fingerprint density at radius 3 is 2.22 bits per heavy atom. The van der Waals surface area contributed by atoms with Gasteiger partial charge in [-0.25, -0.2) is 12.1 Å². The molecule has 3 aromatic carbocycles. The molecule has 0 fully saturated rings. The average molecular weight is 477 g/mol. The van der Waals surface area contributed by atoms with Crippen LogP contribution in [0.5, 0.6) is 0 Å². The zero-order valence-corrected chi connectivity index (χ0v) is 20.0. The Labute approximate surface area is 196 Å². The van der Waals surface area contributed by atoms with Gasteiger partial charge >= 0.3 is 26.2 Å². The minimum absolute atomic E-state index is 0. The van der Waals surface area contributed by atoms with Crippen LogP contribution in [0.2, 0.25) is 0 Å². The van der Waals surface area contributed by atoms with E-state index in [2.05, 4.69) is 87.7 Å². The third kappa shape index (κ3) is 7.15. The summed E-state index contributed by atoms with van der Waals surface area (Å²) >= 11 is 0. The Bertz CT molecular complexity index is 715. The van der Waals surface area contributed by atoms with E-state index in [0.29, 0.717) is 0 Å². The summed E-state index contributed by atoms with van der Waals surface area (Å²) < 4.78 is 0. The van der Waals surface area contributed by atoms with Gasteiger partial charge in [-0.3, -0.25) is 0 Å². The predicted molar refractivity (Wildman–Crippen MR) is 106 cm³/mol. The van der Waals surface area contributed by atoms with Gasteiger partial charge < -0.3 is 24.8 Å². The van der Waals surface area contributed by atoms with Crippen molar-refractivity contribution in [3.05, 3.63) is 102 Å². The second kappa shape index (κ2) is 15.0. The Hall–Kier alpha value is -1.01. The van der Waals surface area contributed by atoms with Crippen LogP contribution in [0.15, 0.2) is 73.8 Å². The topological polar surface area (TPSA) is 0 Å². The smallest absolute Gasteiger partial charge is 1.00 e. The SMILES string of the molecule is C=C.CCc1ccc[c-]1CC.[Cl-].[Cl-].[Zr+4].[c-]1cccc2c1Cc1ccccc1-2. The first-order chi connectivity index (χ1) is 11.8. The van der Waals surface area contributed by atoms with Crippen molar-refractivity contribution in [2.75, 3.05) is 0 Å². The first-order valence-corrected chi connectivity index (χ1v) is 8.64. The average Bonchev–Trinajstić information content (AvgIpc) is 3.27. The van der Waals surface area contributed by atoms with E-state index in [4.69, 9.17) is 0 Å². The fourth-order valence-electron chi connectivity index (χ4n) is 3.18. The van der Waals surface area contributed by atoms with E-state index in [1.54, 1.807) is 0 Å². The van der Waals surface area contributed by atoms with Crippen LogP contribution in [-0.4, -0.2) is 0 Å². The molecule has 3 heteroatoms. The van der Waals surface area contributed by atoms with Crippen LogP contribution >= 0.6 is 0 Å². The van der Waals surface area contributed by atoms with Crippen molar-refractivity contribution in [2.45, 2.75) is 33.1 Å². The molecule has 3 aromatic rings. The van der Waals surface area contributed by atoms with Crippen LogP contribution in [0.3, 0.4) is 0 Å². The van der Waals surface area contributed by atoms with E-state index in [-0.39, 0.29) is 51.0 Å². The van der Waals surface area contributed by atoms with Crippen molar-refractivity contribution in [1.82, 2.24) is 0 Å². The number of aryl methyl sites for hydroxylation is 2.